The highest BCUT2D eigenvalue weighted by molar-refractivity contribution is 6.31. The van der Waals surface area contributed by atoms with Gasteiger partial charge in [-0.05, 0) is 49.6 Å². The second-order valence-electron chi connectivity index (χ2n) is 8.05. The van der Waals surface area contributed by atoms with Crippen LogP contribution in [0, 0.1) is 37.9 Å². The van der Waals surface area contributed by atoms with Crippen LogP contribution in [0.3, 0.4) is 0 Å². The number of H-pyrrole nitrogens is 1. The van der Waals surface area contributed by atoms with E-state index < -0.39 is 23.5 Å². The van der Waals surface area contributed by atoms with Crippen LogP contribution >= 0.6 is 11.6 Å². The van der Waals surface area contributed by atoms with Crippen molar-refractivity contribution < 1.29 is 13.2 Å². The first kappa shape index (κ1) is 21.3. The minimum absolute atomic E-state index is 0.0143. The van der Waals surface area contributed by atoms with Crippen molar-refractivity contribution in [2.24, 2.45) is 0 Å². The van der Waals surface area contributed by atoms with Gasteiger partial charge >= 0.3 is 5.95 Å². The smallest absolute Gasteiger partial charge is 0.323 e. The Labute approximate surface area is 192 Å². The van der Waals surface area contributed by atoms with E-state index in [-0.39, 0.29) is 27.9 Å². The molecule has 0 radical (unpaired) electrons. The number of halogens is 4. The first-order chi connectivity index (χ1) is 15.8. The molecule has 1 aliphatic rings. The van der Waals surface area contributed by atoms with Crippen LogP contribution in [-0.2, 0) is 6.42 Å². The minimum Gasteiger partial charge on any atom is -0.360 e. The quantitative estimate of drug-likeness (QED) is 0.349. The Kier molecular flexibility index (Phi) is 5.02. The monoisotopic (exact) mass is 467 g/mol. The fourth-order valence-corrected chi connectivity index (χ4v) is 4.58. The lowest BCUT2D eigenvalue weighted by atomic mass is 9.91. The second-order valence-corrected chi connectivity index (χ2v) is 8.46. The Morgan fingerprint density at radius 1 is 1.12 bits per heavy atom. The predicted octanol–water partition coefficient (Wildman–Crippen LogP) is 6.35. The van der Waals surface area contributed by atoms with Gasteiger partial charge in [0, 0.05) is 34.4 Å². The molecule has 3 heterocycles. The number of anilines is 1. The van der Waals surface area contributed by atoms with Gasteiger partial charge < -0.3 is 14.7 Å². The maximum absolute atomic E-state index is 15.3. The highest BCUT2D eigenvalue weighted by atomic mass is 35.5. The Balaban J connectivity index is 1.78. The summed E-state index contributed by atoms with van der Waals surface area (Å²) in [4.78, 5) is 17.1. The van der Waals surface area contributed by atoms with Crippen LogP contribution < -0.4 is 4.90 Å². The molecular formula is C24H17ClF3N5. The van der Waals surface area contributed by atoms with Crippen LogP contribution in [0.15, 0.2) is 30.3 Å². The number of rotatable bonds is 2. The van der Waals surface area contributed by atoms with E-state index in [4.69, 9.17) is 18.2 Å². The topological polar surface area (TPSA) is 49.2 Å². The first-order valence-corrected chi connectivity index (χ1v) is 10.6. The van der Waals surface area contributed by atoms with Gasteiger partial charge in [0.2, 0.25) is 0 Å². The first-order valence-electron chi connectivity index (χ1n) is 10.2. The van der Waals surface area contributed by atoms with Gasteiger partial charge in [-0.15, -0.1) is 0 Å². The van der Waals surface area contributed by atoms with Gasteiger partial charge in [0.25, 0.3) is 5.82 Å². The third-order valence-electron chi connectivity index (χ3n) is 5.97. The summed E-state index contributed by atoms with van der Waals surface area (Å²) in [6, 6.07) is 6.62. The van der Waals surface area contributed by atoms with Gasteiger partial charge in [-0.1, -0.05) is 35.3 Å². The SMILES string of the molecule is [C-]#[N+]c1cc(C)nc(N2CCc3c([nH]c4cc(F)c(Cl)cc34)C2c2ccc(C)c(F)c2F)n1. The van der Waals surface area contributed by atoms with Crippen LogP contribution in [0.25, 0.3) is 15.7 Å². The zero-order valence-electron chi connectivity index (χ0n) is 17.7. The number of fused-ring (bicyclic) bond motifs is 3. The summed E-state index contributed by atoms with van der Waals surface area (Å²) in [7, 11) is 0. The number of benzene rings is 2. The van der Waals surface area contributed by atoms with Crippen LogP contribution in [-0.4, -0.2) is 21.5 Å². The summed E-state index contributed by atoms with van der Waals surface area (Å²) in [5, 5.41) is 0.709. The zero-order chi connectivity index (χ0) is 23.4. The molecule has 4 aromatic rings. The molecule has 2 aromatic heterocycles. The molecule has 1 N–H and O–H groups in total. The molecular weight excluding hydrogens is 451 g/mol. The van der Waals surface area contributed by atoms with Gasteiger partial charge in [-0.2, -0.15) is 4.98 Å². The van der Waals surface area contributed by atoms with E-state index in [0.717, 1.165) is 10.9 Å². The van der Waals surface area contributed by atoms with E-state index in [1.54, 1.807) is 24.0 Å². The molecule has 0 fully saturated rings. The molecule has 0 bridgehead atoms. The van der Waals surface area contributed by atoms with Gasteiger partial charge in [-0.3, -0.25) is 0 Å². The standard InChI is InChI=1S/C24H17ClF3N5/c1-11-4-5-14(21(28)20(11)27)23-22-13(15-9-16(25)17(26)10-18(15)31-22)6-7-33(23)24-30-12(2)8-19(29-3)32-24/h4-5,8-10,23,31H,6-7H2,1-2H3. The molecule has 1 aliphatic heterocycles. The molecule has 0 spiro atoms. The number of nitrogens with one attached hydrogen (secondary N) is 1. The van der Waals surface area contributed by atoms with E-state index in [0.29, 0.717) is 29.9 Å². The maximum Gasteiger partial charge on any atom is 0.323 e. The lowest BCUT2D eigenvalue weighted by Crippen LogP contribution is -2.38. The molecule has 0 saturated carbocycles. The summed E-state index contributed by atoms with van der Waals surface area (Å²) in [6.07, 6.45) is 0.508. The van der Waals surface area contributed by atoms with Crippen molar-refractivity contribution in [1.29, 1.82) is 0 Å². The average Bonchev–Trinajstić information content (AvgIpc) is 3.14. The van der Waals surface area contributed by atoms with Crippen molar-refractivity contribution >= 4 is 34.3 Å². The second kappa shape index (κ2) is 7.78. The summed E-state index contributed by atoms with van der Waals surface area (Å²) in [5.74, 6) is -2.09. The summed E-state index contributed by atoms with van der Waals surface area (Å²) >= 11 is 6.02. The zero-order valence-corrected chi connectivity index (χ0v) is 18.4. The Morgan fingerprint density at radius 2 is 1.91 bits per heavy atom. The van der Waals surface area contributed by atoms with Gasteiger partial charge in [0.15, 0.2) is 11.6 Å². The highest BCUT2D eigenvalue weighted by Gasteiger charge is 2.37. The van der Waals surface area contributed by atoms with E-state index in [1.807, 2.05) is 0 Å². The van der Waals surface area contributed by atoms with Crippen LogP contribution in [0.1, 0.15) is 34.1 Å². The fourth-order valence-electron chi connectivity index (χ4n) is 4.42. The lowest BCUT2D eigenvalue weighted by molar-refractivity contribution is 0.481. The largest absolute Gasteiger partial charge is 0.360 e. The molecule has 0 amide bonds. The van der Waals surface area contributed by atoms with Crippen molar-refractivity contribution in [1.82, 2.24) is 15.0 Å². The van der Waals surface area contributed by atoms with E-state index >= 15 is 4.39 Å². The number of hydrogen-bond acceptors (Lipinski definition) is 3. The number of hydrogen-bond donors (Lipinski definition) is 1. The summed E-state index contributed by atoms with van der Waals surface area (Å²) in [5.41, 5.74) is 2.78. The molecule has 0 aliphatic carbocycles. The third-order valence-corrected chi connectivity index (χ3v) is 6.26. The highest BCUT2D eigenvalue weighted by Crippen LogP contribution is 2.42. The fraction of sp³-hybridized carbons (Fsp3) is 0.208. The molecule has 1 unspecified atom stereocenters. The number of aryl methyl sites for hydroxylation is 2. The van der Waals surface area contributed by atoms with E-state index in [1.165, 1.54) is 25.1 Å². The molecule has 1 atom stereocenters. The van der Waals surface area contributed by atoms with Gasteiger partial charge in [0.1, 0.15) is 11.9 Å². The number of aromatic amines is 1. The maximum atomic E-state index is 15.3. The molecule has 2 aromatic carbocycles. The molecule has 0 saturated heterocycles. The van der Waals surface area contributed by atoms with Crippen molar-refractivity contribution in [2.45, 2.75) is 26.3 Å². The third kappa shape index (κ3) is 3.40. The number of aromatic nitrogens is 3. The Hall–Kier alpha value is -3.57. The van der Waals surface area contributed by atoms with E-state index in [9.17, 15) is 8.78 Å². The number of nitrogens with zero attached hydrogens (tertiary/aromatic N) is 4. The van der Waals surface area contributed by atoms with Gasteiger partial charge in [-0.25, -0.2) is 13.2 Å². The predicted molar refractivity (Wildman–Crippen MR) is 120 cm³/mol. The average molecular weight is 468 g/mol. The Morgan fingerprint density at radius 3 is 2.67 bits per heavy atom. The van der Waals surface area contributed by atoms with Crippen molar-refractivity contribution in [3.05, 3.63) is 92.3 Å². The minimum atomic E-state index is -0.973. The molecule has 9 heteroatoms. The van der Waals surface area contributed by atoms with Crippen molar-refractivity contribution in [3.63, 3.8) is 0 Å². The van der Waals surface area contributed by atoms with Gasteiger partial charge in [0.05, 0.1) is 5.02 Å². The summed E-state index contributed by atoms with van der Waals surface area (Å²) < 4.78 is 44.0. The summed E-state index contributed by atoms with van der Waals surface area (Å²) in [6.45, 7) is 10.9. The van der Waals surface area contributed by atoms with Crippen LogP contribution in [0.2, 0.25) is 5.02 Å². The lowest BCUT2D eigenvalue weighted by Gasteiger charge is -2.35. The molecule has 33 heavy (non-hydrogen) atoms. The Bertz CT molecular complexity index is 1470. The molecule has 5 nitrogen and oxygen atoms in total. The van der Waals surface area contributed by atoms with E-state index in [2.05, 4.69) is 19.8 Å². The molecule has 166 valence electrons. The molecule has 5 rings (SSSR count). The van der Waals surface area contributed by atoms with Crippen LogP contribution in [0.5, 0.6) is 0 Å². The van der Waals surface area contributed by atoms with Crippen molar-refractivity contribution in [3.8, 4) is 0 Å². The van der Waals surface area contributed by atoms with Crippen LogP contribution in [0.4, 0.5) is 24.9 Å². The normalized spacial score (nSPS) is 15.5. The van der Waals surface area contributed by atoms with Crippen molar-refractivity contribution in [2.75, 3.05) is 11.4 Å².